The molecular weight excluding hydrogens is 380 g/mol. The van der Waals surface area contributed by atoms with Crippen LogP contribution in [0.3, 0.4) is 0 Å². The van der Waals surface area contributed by atoms with Gasteiger partial charge in [-0.3, -0.25) is 0 Å². The van der Waals surface area contributed by atoms with Gasteiger partial charge in [-0.15, -0.1) is 0 Å². The largest absolute Gasteiger partial charge is 3.00 e. The van der Waals surface area contributed by atoms with Crippen molar-refractivity contribution >= 4 is 34.7 Å². The summed E-state index contributed by atoms with van der Waals surface area (Å²) in [6, 6.07) is 0. The standard InChI is InChI=1S/2Al.3O.2Ti.2Zr/q2*+3;3*-2;;;;. The van der Waals surface area contributed by atoms with E-state index in [4.69, 9.17) is 0 Å². The third kappa shape index (κ3) is 72.8. The molecule has 0 atom stereocenters. The molecule has 0 aliphatic rings. The molecule has 0 radical (unpaired) electrons. The third-order valence-electron chi connectivity index (χ3n) is 0. The molecule has 0 aromatic rings. The van der Waals surface area contributed by atoms with Crippen molar-refractivity contribution in [2.75, 3.05) is 0 Å². The van der Waals surface area contributed by atoms with Crippen molar-refractivity contribution in [1.29, 1.82) is 0 Å². The Morgan fingerprint density at radius 3 is 0.444 bits per heavy atom. The van der Waals surface area contributed by atoms with Gasteiger partial charge in [0.05, 0.1) is 0 Å². The van der Waals surface area contributed by atoms with Crippen LogP contribution in [0.25, 0.3) is 0 Å². The molecule has 0 saturated heterocycles. The van der Waals surface area contributed by atoms with Crippen LogP contribution in [-0.4, -0.2) is 34.7 Å². The van der Waals surface area contributed by atoms with Crippen LogP contribution in [0.1, 0.15) is 0 Å². The van der Waals surface area contributed by atoms with Crippen molar-refractivity contribution in [2.24, 2.45) is 0 Å². The van der Waals surface area contributed by atoms with E-state index in [1.165, 1.54) is 0 Å². The summed E-state index contributed by atoms with van der Waals surface area (Å²) in [6.07, 6.45) is 0. The Morgan fingerprint density at radius 1 is 0.444 bits per heavy atom. The molecule has 0 heterocycles. The molecule has 0 fully saturated rings. The molecule has 40 valence electrons. The van der Waals surface area contributed by atoms with Crippen LogP contribution in [-0.2, 0) is 112 Å². The summed E-state index contributed by atoms with van der Waals surface area (Å²) in [5, 5.41) is 0. The summed E-state index contributed by atoms with van der Waals surface area (Å²) in [5.41, 5.74) is 0. The zero-order chi connectivity index (χ0) is 0. The average Bonchev–Trinajstić information content (AvgIpc) is 0. The number of hydrogen-bond acceptors (Lipinski definition) is 0. The SMILES string of the molecule is [Al+3].[Al+3].[O-2].[O-2].[O-2].[Ti].[Ti].[Zr].[Zr]. The summed E-state index contributed by atoms with van der Waals surface area (Å²) in [5.74, 6) is 0. The van der Waals surface area contributed by atoms with Crippen LogP contribution in [0, 0.1) is 0 Å². The maximum absolute atomic E-state index is 0. The van der Waals surface area contributed by atoms with Crippen LogP contribution in [0.2, 0.25) is 0 Å². The maximum Gasteiger partial charge on any atom is 3.00 e. The van der Waals surface area contributed by atoms with Crippen LogP contribution in [0.5, 0.6) is 0 Å². The first kappa shape index (κ1) is 113. The summed E-state index contributed by atoms with van der Waals surface area (Å²) in [7, 11) is 0. The van der Waals surface area contributed by atoms with Gasteiger partial charge in [-0.05, 0) is 0 Å². The van der Waals surface area contributed by atoms with Crippen molar-refractivity contribution in [3.63, 3.8) is 0 Å². The molecular formula is Al2O3Ti2Zr2. The fraction of sp³-hybridized carbons (Fsp3) is 0. The monoisotopic (exact) mass is 378 g/mol. The normalized spacial score (nSPS) is 0. The van der Waals surface area contributed by atoms with Crippen molar-refractivity contribution in [3.05, 3.63) is 0 Å². The first-order chi connectivity index (χ1) is 0. The van der Waals surface area contributed by atoms with Crippen molar-refractivity contribution in [2.45, 2.75) is 0 Å². The fourth-order valence-corrected chi connectivity index (χ4v) is 0. The van der Waals surface area contributed by atoms with Crippen LogP contribution in [0.15, 0.2) is 0 Å². The molecule has 0 amide bonds. The predicted molar refractivity (Wildman–Crippen MR) is 13.6 cm³/mol. The molecule has 0 aromatic carbocycles. The van der Waals surface area contributed by atoms with Gasteiger partial charge in [0.1, 0.15) is 0 Å². The van der Waals surface area contributed by atoms with Gasteiger partial charge >= 0.3 is 34.7 Å². The molecule has 0 bridgehead atoms. The van der Waals surface area contributed by atoms with Crippen LogP contribution >= 0.6 is 0 Å². The van der Waals surface area contributed by atoms with E-state index in [1.54, 1.807) is 0 Å². The van der Waals surface area contributed by atoms with Gasteiger partial charge in [0.2, 0.25) is 0 Å². The first-order valence-electron chi connectivity index (χ1n) is 0. The molecule has 9 heavy (non-hydrogen) atoms. The summed E-state index contributed by atoms with van der Waals surface area (Å²) < 4.78 is 0. The minimum absolute atomic E-state index is 0. The van der Waals surface area contributed by atoms with Gasteiger partial charge in [0, 0.05) is 95.8 Å². The molecule has 0 aliphatic heterocycles. The van der Waals surface area contributed by atoms with E-state index in [0.29, 0.717) is 0 Å². The van der Waals surface area contributed by atoms with E-state index in [1.807, 2.05) is 0 Å². The topological polar surface area (TPSA) is 85.5 Å². The molecule has 0 N–H and O–H groups in total. The van der Waals surface area contributed by atoms with E-state index >= 15 is 0 Å². The van der Waals surface area contributed by atoms with Gasteiger partial charge in [-0.25, -0.2) is 0 Å². The molecule has 0 rings (SSSR count). The summed E-state index contributed by atoms with van der Waals surface area (Å²) >= 11 is 0. The summed E-state index contributed by atoms with van der Waals surface area (Å²) in [4.78, 5) is 0. The van der Waals surface area contributed by atoms with Crippen molar-refractivity contribution in [1.82, 2.24) is 0 Å². The molecule has 0 saturated carbocycles. The van der Waals surface area contributed by atoms with E-state index in [-0.39, 0.29) is 147 Å². The molecule has 0 aliphatic carbocycles. The minimum atomic E-state index is 0. The molecule has 3 nitrogen and oxygen atoms in total. The smallest absolute Gasteiger partial charge is 2.00 e. The van der Waals surface area contributed by atoms with E-state index in [9.17, 15) is 0 Å². The summed E-state index contributed by atoms with van der Waals surface area (Å²) in [6.45, 7) is 0. The van der Waals surface area contributed by atoms with Crippen LogP contribution in [0.4, 0.5) is 0 Å². The van der Waals surface area contributed by atoms with E-state index in [2.05, 4.69) is 0 Å². The van der Waals surface area contributed by atoms with E-state index in [0.717, 1.165) is 0 Å². The average molecular weight is 380 g/mol. The maximum atomic E-state index is 0. The zero-order valence-corrected chi connectivity index (χ0v) is 14.7. The van der Waals surface area contributed by atoms with Crippen molar-refractivity contribution in [3.8, 4) is 0 Å². The minimum Gasteiger partial charge on any atom is -2.00 e. The number of hydrogen-bond donors (Lipinski definition) is 0. The van der Waals surface area contributed by atoms with Gasteiger partial charge in [-0.1, -0.05) is 0 Å². The number of rotatable bonds is 0. The Balaban J connectivity index is 0. The van der Waals surface area contributed by atoms with E-state index < -0.39 is 0 Å². The molecule has 9 heteroatoms. The second-order valence-corrected chi connectivity index (χ2v) is 0. The predicted octanol–water partition coefficient (Wildman–Crippen LogP) is -1.13. The van der Waals surface area contributed by atoms with Crippen LogP contribution < -0.4 is 0 Å². The first-order valence-corrected chi connectivity index (χ1v) is 0. The van der Waals surface area contributed by atoms with Gasteiger partial charge in [0.25, 0.3) is 0 Å². The molecule has 0 aromatic heterocycles. The van der Waals surface area contributed by atoms with Gasteiger partial charge in [-0.2, -0.15) is 0 Å². The fourth-order valence-electron chi connectivity index (χ4n) is 0. The van der Waals surface area contributed by atoms with Gasteiger partial charge in [0.15, 0.2) is 0 Å². The molecule has 0 spiro atoms. The second kappa shape index (κ2) is 87.9. The van der Waals surface area contributed by atoms with Gasteiger partial charge < -0.3 is 16.4 Å². The quantitative estimate of drug-likeness (QED) is 0.477. The zero-order valence-electron chi connectivity index (χ0n) is 4.38. The Kier molecular flexibility index (Phi) is 1100. The third-order valence-corrected chi connectivity index (χ3v) is 0. The Labute approximate surface area is 144 Å². The Hall–Kier alpha value is 4.14. The Bertz CT molecular complexity index is 17.8. The van der Waals surface area contributed by atoms with Crippen molar-refractivity contribution < 1.29 is 112 Å². The molecule has 0 unspecified atom stereocenters. The Morgan fingerprint density at radius 2 is 0.444 bits per heavy atom. The second-order valence-electron chi connectivity index (χ2n) is 0.